The van der Waals surface area contributed by atoms with Crippen molar-refractivity contribution in [3.63, 3.8) is 0 Å². The number of nitriles is 1. The highest BCUT2D eigenvalue weighted by atomic mass is 19.4. The lowest BCUT2D eigenvalue weighted by molar-refractivity contribution is -0.138. The summed E-state index contributed by atoms with van der Waals surface area (Å²) in [5.41, 5.74) is 1.61. The van der Waals surface area contributed by atoms with Crippen molar-refractivity contribution in [1.82, 2.24) is 19.7 Å². The van der Waals surface area contributed by atoms with E-state index in [4.69, 9.17) is 9.72 Å². The number of aromatic nitrogens is 4. The highest BCUT2D eigenvalue weighted by Gasteiger charge is 2.49. The van der Waals surface area contributed by atoms with Crippen LogP contribution in [0.15, 0.2) is 54.9 Å². The second-order valence-corrected chi connectivity index (χ2v) is 10.8. The first-order chi connectivity index (χ1) is 19.7. The number of ether oxygens (including phenoxy) is 1. The van der Waals surface area contributed by atoms with Gasteiger partial charge in [0, 0.05) is 31.3 Å². The molecule has 2 saturated heterocycles. The molecule has 0 atom stereocenters. The molecule has 1 spiro atoms. The predicted octanol–water partition coefficient (Wildman–Crippen LogP) is 4.43. The molecule has 0 radical (unpaired) electrons. The van der Waals surface area contributed by atoms with E-state index in [-0.39, 0.29) is 28.9 Å². The van der Waals surface area contributed by atoms with Crippen molar-refractivity contribution in [2.24, 2.45) is 12.5 Å². The summed E-state index contributed by atoms with van der Waals surface area (Å²) in [6.07, 6.45) is -3.03. The predicted molar refractivity (Wildman–Crippen MR) is 142 cm³/mol. The smallest absolute Gasteiger partial charge is 0.380 e. The summed E-state index contributed by atoms with van der Waals surface area (Å²) in [6.45, 7) is 2.49. The van der Waals surface area contributed by atoms with Gasteiger partial charge in [-0.1, -0.05) is 6.07 Å². The number of nitrogens with zero attached hydrogens (tertiary/aromatic N) is 7. The van der Waals surface area contributed by atoms with E-state index >= 15 is 0 Å². The fourth-order valence-corrected chi connectivity index (χ4v) is 5.81. The number of fused-ring (bicyclic) bond motifs is 1. The topological polar surface area (TPSA) is 100 Å². The average Bonchev–Trinajstić information content (AvgIpc) is 3.48. The maximum Gasteiger partial charge on any atom is 0.416 e. The van der Waals surface area contributed by atoms with Crippen LogP contribution in [0.2, 0.25) is 0 Å². The molecule has 0 unspecified atom stereocenters. The first kappa shape index (κ1) is 25.2. The van der Waals surface area contributed by atoms with Gasteiger partial charge in [0.25, 0.3) is 5.91 Å². The average molecular weight is 558 g/mol. The minimum absolute atomic E-state index is 0.00866. The van der Waals surface area contributed by atoms with Gasteiger partial charge in [-0.15, -0.1) is 10.2 Å². The zero-order chi connectivity index (χ0) is 28.5. The van der Waals surface area contributed by atoms with Crippen molar-refractivity contribution in [2.75, 3.05) is 36.1 Å². The van der Waals surface area contributed by atoms with Crippen molar-refractivity contribution in [3.8, 4) is 28.6 Å². The summed E-state index contributed by atoms with van der Waals surface area (Å²) in [4.78, 5) is 21.6. The molecular weight excluding hydrogens is 535 g/mol. The highest BCUT2D eigenvalue weighted by Crippen LogP contribution is 2.44. The summed E-state index contributed by atoms with van der Waals surface area (Å²) in [5, 5.41) is 17.9. The number of hydrogen-bond donors (Lipinski definition) is 0. The van der Waals surface area contributed by atoms with Crippen molar-refractivity contribution in [2.45, 2.75) is 12.7 Å². The van der Waals surface area contributed by atoms with Crippen molar-refractivity contribution >= 4 is 17.5 Å². The molecule has 2 aromatic heterocycles. The largest absolute Gasteiger partial charge is 0.416 e. The number of benzene rings is 2. The number of rotatable bonds is 4. The number of hydrogen-bond acceptors (Lipinski definition) is 7. The molecule has 0 saturated carbocycles. The molecule has 0 N–H and O–H groups in total. The Bertz CT molecular complexity index is 1760. The fourth-order valence-electron chi connectivity index (χ4n) is 5.81. The van der Waals surface area contributed by atoms with E-state index in [0.29, 0.717) is 60.2 Å². The molecular formula is C29H22F3N7O2. The second-order valence-electron chi connectivity index (χ2n) is 10.8. The summed E-state index contributed by atoms with van der Waals surface area (Å²) >= 11 is 0. The van der Waals surface area contributed by atoms with Crippen LogP contribution >= 0.6 is 0 Å². The first-order valence-electron chi connectivity index (χ1n) is 12.9. The molecule has 5 heterocycles. The third kappa shape index (κ3) is 4.03. The Morgan fingerprint density at radius 1 is 1.02 bits per heavy atom. The van der Waals surface area contributed by atoms with Gasteiger partial charge in [0.15, 0.2) is 5.82 Å². The van der Waals surface area contributed by atoms with Crippen LogP contribution in [0.25, 0.3) is 22.5 Å². The SMILES string of the molecule is Cn1cnnc1-c1ccc(C#N)cc1-c1cc(N2CC3(COC3)C2)nc(N2Cc3c(cccc3C(F)(F)F)C2=O)c1. The monoisotopic (exact) mass is 557 g/mol. The number of carbonyl (C=O) groups is 1. The van der Waals surface area contributed by atoms with Gasteiger partial charge < -0.3 is 14.2 Å². The zero-order valence-electron chi connectivity index (χ0n) is 21.8. The second kappa shape index (κ2) is 8.87. The normalized spacial score (nSPS) is 17.3. The van der Waals surface area contributed by atoms with Gasteiger partial charge in [-0.25, -0.2) is 4.98 Å². The van der Waals surface area contributed by atoms with Gasteiger partial charge in [-0.3, -0.25) is 9.69 Å². The van der Waals surface area contributed by atoms with Crippen LogP contribution in [-0.4, -0.2) is 52.0 Å². The van der Waals surface area contributed by atoms with Crippen molar-refractivity contribution in [3.05, 3.63) is 77.1 Å². The third-order valence-corrected chi connectivity index (χ3v) is 7.95. The van der Waals surface area contributed by atoms with Gasteiger partial charge in [-0.2, -0.15) is 18.4 Å². The molecule has 206 valence electrons. The standard InChI is InChI=1S/C29H22F3N7O2/c1-37-16-34-36-26(37)19-6-5-17(10-33)7-21(19)18-8-24(38-12-28(13-38)14-41-15-28)35-25(9-18)39-11-22-20(27(39)40)3-2-4-23(22)29(30,31)32/h2-9,16H,11-15H2,1H3. The number of halogens is 3. The molecule has 0 bridgehead atoms. The van der Waals surface area contributed by atoms with Crippen LogP contribution in [0.3, 0.4) is 0 Å². The lowest BCUT2D eigenvalue weighted by atomic mass is 9.78. The molecule has 9 nitrogen and oxygen atoms in total. The van der Waals surface area contributed by atoms with Crippen molar-refractivity contribution < 1.29 is 22.7 Å². The van der Waals surface area contributed by atoms with E-state index in [1.165, 1.54) is 17.0 Å². The Morgan fingerprint density at radius 3 is 2.46 bits per heavy atom. The van der Waals surface area contributed by atoms with E-state index in [1.807, 2.05) is 6.07 Å². The Kier molecular flexibility index (Phi) is 5.46. The number of alkyl halides is 3. The lowest BCUT2D eigenvalue weighted by Crippen LogP contribution is -2.66. The van der Waals surface area contributed by atoms with Gasteiger partial charge in [0.1, 0.15) is 18.0 Å². The Morgan fingerprint density at radius 2 is 1.80 bits per heavy atom. The minimum Gasteiger partial charge on any atom is -0.380 e. The zero-order valence-corrected chi connectivity index (χ0v) is 21.8. The maximum atomic E-state index is 13.8. The van der Waals surface area contributed by atoms with Gasteiger partial charge in [-0.05, 0) is 59.2 Å². The number of carbonyl (C=O) groups excluding carboxylic acids is 1. The van der Waals surface area contributed by atoms with Gasteiger partial charge in [0.2, 0.25) is 0 Å². The molecule has 2 aromatic carbocycles. The van der Waals surface area contributed by atoms with E-state index in [1.54, 1.807) is 42.2 Å². The van der Waals surface area contributed by atoms with Crippen LogP contribution in [0.5, 0.6) is 0 Å². The molecule has 0 aliphatic carbocycles. The summed E-state index contributed by atoms with van der Waals surface area (Å²) < 4.78 is 48.6. The Hall–Kier alpha value is -4.76. The molecule has 1 amide bonds. The first-order valence-corrected chi connectivity index (χ1v) is 12.9. The van der Waals surface area contributed by atoms with Crippen LogP contribution in [0.4, 0.5) is 24.8 Å². The third-order valence-electron chi connectivity index (χ3n) is 7.95. The quantitative estimate of drug-likeness (QED) is 0.366. The van der Waals surface area contributed by atoms with E-state index in [2.05, 4.69) is 21.2 Å². The summed E-state index contributed by atoms with van der Waals surface area (Å²) in [7, 11) is 1.80. The van der Waals surface area contributed by atoms with Crippen LogP contribution < -0.4 is 9.80 Å². The molecule has 41 heavy (non-hydrogen) atoms. The van der Waals surface area contributed by atoms with E-state index < -0.39 is 17.6 Å². The minimum atomic E-state index is -4.60. The van der Waals surface area contributed by atoms with Crippen molar-refractivity contribution in [1.29, 1.82) is 5.26 Å². The molecule has 12 heteroatoms. The van der Waals surface area contributed by atoms with Crippen LogP contribution in [0.1, 0.15) is 27.0 Å². The Balaban J connectivity index is 1.37. The summed E-state index contributed by atoms with van der Waals surface area (Å²) in [5.74, 6) is 0.830. The van der Waals surface area contributed by atoms with Gasteiger partial charge >= 0.3 is 6.18 Å². The molecule has 7 rings (SSSR count). The number of pyridine rings is 1. The number of anilines is 2. The molecule has 3 aliphatic rings. The van der Waals surface area contributed by atoms with E-state index in [9.17, 15) is 23.2 Å². The Labute approximate surface area is 232 Å². The fraction of sp³-hybridized carbons (Fsp3) is 0.276. The molecule has 3 aliphatic heterocycles. The highest BCUT2D eigenvalue weighted by molar-refractivity contribution is 6.10. The van der Waals surface area contributed by atoms with Crippen LogP contribution in [-0.2, 0) is 24.5 Å². The maximum absolute atomic E-state index is 13.8. The number of amides is 1. The van der Waals surface area contributed by atoms with E-state index in [0.717, 1.165) is 6.07 Å². The number of aryl methyl sites for hydroxylation is 1. The lowest BCUT2D eigenvalue weighted by Gasteiger charge is -2.55. The summed E-state index contributed by atoms with van der Waals surface area (Å²) in [6, 6.07) is 14.6. The van der Waals surface area contributed by atoms with Crippen LogP contribution in [0, 0.1) is 16.7 Å². The molecule has 2 fully saturated rings. The van der Waals surface area contributed by atoms with Gasteiger partial charge in [0.05, 0.1) is 42.4 Å². The molecule has 4 aromatic rings.